The summed E-state index contributed by atoms with van der Waals surface area (Å²) >= 11 is 0. The molecule has 0 saturated carbocycles. The van der Waals surface area contributed by atoms with Gasteiger partial charge in [-0.15, -0.1) is 0 Å². The summed E-state index contributed by atoms with van der Waals surface area (Å²) in [6.07, 6.45) is 8.00. The van der Waals surface area contributed by atoms with E-state index in [4.69, 9.17) is 9.97 Å². The summed E-state index contributed by atoms with van der Waals surface area (Å²) in [5.74, 6) is 1.81. The maximum atomic E-state index is 4.82. The lowest BCUT2D eigenvalue weighted by molar-refractivity contribution is 0.869. The topological polar surface area (TPSA) is 62.6 Å². The normalized spacial score (nSPS) is 14.5. The minimum absolute atomic E-state index is 0.835. The Hall–Kier alpha value is -3.15. The Labute approximate surface area is 145 Å². The minimum atomic E-state index is 0.835. The van der Waals surface area contributed by atoms with E-state index >= 15 is 0 Å². The zero-order valence-corrected chi connectivity index (χ0v) is 13.8. The maximum Gasteiger partial charge on any atom is 0.144 e. The number of aromatic amines is 1. The Balaban J connectivity index is 1.77. The van der Waals surface area contributed by atoms with Crippen LogP contribution < -0.4 is 4.90 Å². The summed E-state index contributed by atoms with van der Waals surface area (Å²) < 4.78 is 1.88. The van der Waals surface area contributed by atoms with E-state index < -0.39 is 0 Å². The van der Waals surface area contributed by atoms with E-state index in [0.29, 0.717) is 0 Å². The highest BCUT2D eigenvalue weighted by atomic mass is 15.3. The second kappa shape index (κ2) is 5.73. The Kier molecular flexibility index (Phi) is 3.26. The van der Waals surface area contributed by atoms with Gasteiger partial charge in [0.25, 0.3) is 0 Å². The van der Waals surface area contributed by atoms with E-state index in [1.807, 2.05) is 53.5 Å². The molecule has 1 aliphatic rings. The van der Waals surface area contributed by atoms with Gasteiger partial charge in [0.15, 0.2) is 0 Å². The molecule has 0 radical (unpaired) electrons. The van der Waals surface area contributed by atoms with Gasteiger partial charge in [0.2, 0.25) is 0 Å². The predicted octanol–water partition coefficient (Wildman–Crippen LogP) is 3.41. The van der Waals surface area contributed by atoms with Gasteiger partial charge >= 0.3 is 0 Å². The number of hydrogen-bond acceptors (Lipinski definition) is 4. The number of benzene rings is 1. The van der Waals surface area contributed by atoms with Crippen LogP contribution in [0.5, 0.6) is 0 Å². The number of pyridine rings is 1. The molecule has 1 aromatic carbocycles. The zero-order valence-electron chi connectivity index (χ0n) is 13.8. The molecule has 1 saturated heterocycles. The van der Waals surface area contributed by atoms with Gasteiger partial charge in [-0.1, -0.05) is 12.1 Å². The number of anilines is 1. The van der Waals surface area contributed by atoms with Crippen molar-refractivity contribution in [1.29, 1.82) is 0 Å². The van der Waals surface area contributed by atoms with Crippen LogP contribution in [0, 0.1) is 0 Å². The average molecular weight is 330 g/mol. The van der Waals surface area contributed by atoms with Crippen LogP contribution in [0.2, 0.25) is 0 Å². The molecule has 5 rings (SSSR count). The van der Waals surface area contributed by atoms with E-state index in [2.05, 4.69) is 15.0 Å². The third-order valence-electron chi connectivity index (χ3n) is 4.69. The number of nitrogens with zero attached hydrogens (tertiary/aromatic N) is 5. The Morgan fingerprint density at radius 2 is 1.84 bits per heavy atom. The van der Waals surface area contributed by atoms with Crippen LogP contribution in [-0.2, 0) is 0 Å². The molecule has 6 heteroatoms. The summed E-state index contributed by atoms with van der Waals surface area (Å²) in [6, 6.07) is 12.0. The SMILES string of the molecule is c1ccc2[nH]c(-c3c(-n4cccn4)ccnc3N3CCCC3)nc2c1. The van der Waals surface area contributed by atoms with E-state index in [-0.39, 0.29) is 0 Å². The summed E-state index contributed by atoms with van der Waals surface area (Å²) in [5.41, 5.74) is 3.98. The van der Waals surface area contributed by atoms with Gasteiger partial charge in [0, 0.05) is 31.7 Å². The van der Waals surface area contributed by atoms with E-state index in [0.717, 1.165) is 47.0 Å². The predicted molar refractivity (Wildman–Crippen MR) is 97.9 cm³/mol. The molecular weight excluding hydrogens is 312 g/mol. The first kappa shape index (κ1) is 14.2. The third kappa shape index (κ3) is 2.38. The summed E-state index contributed by atoms with van der Waals surface area (Å²) in [4.78, 5) is 15.3. The highest BCUT2D eigenvalue weighted by molar-refractivity contribution is 5.86. The number of rotatable bonds is 3. The number of H-pyrrole nitrogens is 1. The quantitative estimate of drug-likeness (QED) is 0.625. The molecule has 1 N–H and O–H groups in total. The Bertz CT molecular complexity index is 979. The molecule has 4 heterocycles. The fraction of sp³-hybridized carbons (Fsp3) is 0.211. The second-order valence-corrected chi connectivity index (χ2v) is 6.28. The lowest BCUT2D eigenvalue weighted by atomic mass is 10.2. The number of hydrogen-bond donors (Lipinski definition) is 1. The van der Waals surface area contributed by atoms with E-state index in [1.54, 1.807) is 6.20 Å². The molecule has 124 valence electrons. The molecular formula is C19H18N6. The fourth-order valence-corrected chi connectivity index (χ4v) is 3.51. The summed E-state index contributed by atoms with van der Waals surface area (Å²) in [5, 5.41) is 4.42. The van der Waals surface area contributed by atoms with Crippen LogP contribution in [0.3, 0.4) is 0 Å². The smallest absolute Gasteiger partial charge is 0.144 e. The lowest BCUT2D eigenvalue weighted by Crippen LogP contribution is -2.20. The molecule has 3 aromatic heterocycles. The monoisotopic (exact) mass is 330 g/mol. The first-order valence-corrected chi connectivity index (χ1v) is 8.59. The van der Waals surface area contributed by atoms with Crippen molar-refractivity contribution in [2.24, 2.45) is 0 Å². The maximum absolute atomic E-state index is 4.82. The number of aromatic nitrogens is 5. The van der Waals surface area contributed by atoms with Gasteiger partial charge in [-0.3, -0.25) is 0 Å². The van der Waals surface area contributed by atoms with Crippen molar-refractivity contribution in [3.8, 4) is 17.1 Å². The molecule has 0 atom stereocenters. The highest BCUT2D eigenvalue weighted by Gasteiger charge is 2.23. The van der Waals surface area contributed by atoms with E-state index in [9.17, 15) is 0 Å². The Morgan fingerprint density at radius 3 is 2.64 bits per heavy atom. The van der Waals surface area contributed by atoms with Gasteiger partial charge < -0.3 is 9.88 Å². The number of para-hydroxylation sites is 2. The number of imidazole rings is 1. The minimum Gasteiger partial charge on any atom is -0.356 e. The zero-order chi connectivity index (χ0) is 16.6. The van der Waals surface area contributed by atoms with Gasteiger partial charge in [0.1, 0.15) is 11.6 Å². The summed E-state index contributed by atoms with van der Waals surface area (Å²) in [7, 11) is 0. The molecule has 0 amide bonds. The molecule has 1 aliphatic heterocycles. The van der Waals surface area contributed by atoms with Crippen molar-refractivity contribution in [2.45, 2.75) is 12.8 Å². The van der Waals surface area contributed by atoms with Crippen LogP contribution in [-0.4, -0.2) is 37.8 Å². The largest absolute Gasteiger partial charge is 0.356 e. The highest BCUT2D eigenvalue weighted by Crippen LogP contribution is 2.35. The standard InChI is InChI=1S/C19H18N6/c1-2-7-15-14(6-1)22-18(23-15)17-16(25-13-5-9-21-25)8-10-20-19(17)24-11-3-4-12-24/h1-2,5-10,13H,3-4,11-12H2,(H,22,23). The van der Waals surface area contributed by atoms with E-state index in [1.165, 1.54) is 12.8 Å². The summed E-state index contributed by atoms with van der Waals surface area (Å²) in [6.45, 7) is 2.06. The van der Waals surface area contributed by atoms with Gasteiger partial charge in [0.05, 0.1) is 22.3 Å². The molecule has 6 nitrogen and oxygen atoms in total. The van der Waals surface area contributed by atoms with Crippen LogP contribution in [0.4, 0.5) is 5.82 Å². The van der Waals surface area contributed by atoms with Crippen LogP contribution in [0.1, 0.15) is 12.8 Å². The van der Waals surface area contributed by atoms with Crippen molar-refractivity contribution in [3.63, 3.8) is 0 Å². The molecule has 1 fully saturated rings. The molecule has 0 spiro atoms. The van der Waals surface area contributed by atoms with Crippen molar-refractivity contribution in [1.82, 2.24) is 24.7 Å². The van der Waals surface area contributed by atoms with Crippen LogP contribution in [0.15, 0.2) is 55.0 Å². The third-order valence-corrected chi connectivity index (χ3v) is 4.69. The van der Waals surface area contributed by atoms with Crippen LogP contribution >= 0.6 is 0 Å². The molecule has 0 unspecified atom stereocenters. The molecule has 0 bridgehead atoms. The lowest BCUT2D eigenvalue weighted by Gasteiger charge is -2.21. The number of nitrogens with one attached hydrogen (secondary N) is 1. The first-order chi connectivity index (χ1) is 12.4. The first-order valence-electron chi connectivity index (χ1n) is 8.59. The van der Waals surface area contributed by atoms with Crippen molar-refractivity contribution < 1.29 is 0 Å². The van der Waals surface area contributed by atoms with Gasteiger partial charge in [-0.2, -0.15) is 5.10 Å². The van der Waals surface area contributed by atoms with Crippen LogP contribution in [0.25, 0.3) is 28.1 Å². The van der Waals surface area contributed by atoms with Crippen molar-refractivity contribution >= 4 is 16.9 Å². The molecule has 4 aromatic rings. The number of fused-ring (bicyclic) bond motifs is 1. The van der Waals surface area contributed by atoms with Gasteiger partial charge in [-0.05, 0) is 37.1 Å². The molecule has 0 aliphatic carbocycles. The second-order valence-electron chi connectivity index (χ2n) is 6.28. The Morgan fingerprint density at radius 1 is 0.960 bits per heavy atom. The molecule has 25 heavy (non-hydrogen) atoms. The average Bonchev–Trinajstić information content (AvgIpc) is 3.42. The van der Waals surface area contributed by atoms with Crippen molar-refractivity contribution in [3.05, 3.63) is 55.0 Å². The van der Waals surface area contributed by atoms with Gasteiger partial charge in [-0.25, -0.2) is 14.6 Å². The fourth-order valence-electron chi connectivity index (χ4n) is 3.51. The van der Waals surface area contributed by atoms with Crippen molar-refractivity contribution in [2.75, 3.05) is 18.0 Å².